The van der Waals surface area contributed by atoms with Crippen molar-refractivity contribution in [2.24, 2.45) is 11.8 Å². The average Bonchev–Trinajstić information content (AvgIpc) is 3.33. The van der Waals surface area contributed by atoms with E-state index < -0.39 is 0 Å². The first kappa shape index (κ1) is 17.7. The van der Waals surface area contributed by atoms with Gasteiger partial charge in [0.15, 0.2) is 0 Å². The summed E-state index contributed by atoms with van der Waals surface area (Å²) in [5, 5.41) is 2.75. The van der Waals surface area contributed by atoms with E-state index in [1.807, 2.05) is 4.90 Å². The molecule has 1 N–H and O–H groups in total. The Labute approximate surface area is 144 Å². The third kappa shape index (κ3) is 3.91. The van der Waals surface area contributed by atoms with E-state index in [0.717, 1.165) is 25.4 Å². The average molecular weight is 337 g/mol. The van der Waals surface area contributed by atoms with Crippen LogP contribution in [0.3, 0.4) is 0 Å². The second-order valence-corrected chi connectivity index (χ2v) is 8.18. The number of hydrogen-bond acceptors (Lipinski definition) is 4. The Morgan fingerprint density at radius 3 is 2.54 bits per heavy atom. The van der Waals surface area contributed by atoms with Gasteiger partial charge in [-0.15, -0.1) is 0 Å². The highest BCUT2D eigenvalue weighted by Gasteiger charge is 2.52. The molecule has 2 heterocycles. The van der Waals surface area contributed by atoms with E-state index in [-0.39, 0.29) is 23.5 Å². The summed E-state index contributed by atoms with van der Waals surface area (Å²) in [5.41, 5.74) is -0.257. The number of ether oxygens (including phenoxy) is 1. The molecule has 0 bridgehead atoms. The molecule has 2 amide bonds. The van der Waals surface area contributed by atoms with E-state index in [9.17, 15) is 9.59 Å². The van der Waals surface area contributed by atoms with Gasteiger partial charge in [-0.2, -0.15) is 0 Å². The number of rotatable bonds is 6. The standard InChI is InChI=1S/C18H31N3O3/c1-13(2)4-7-16(22)21-11-18(12-21)10-20(8-14-5-6-14)15(9-24-18)17(23)19-3/h13-15H,4-12H2,1-3H3,(H,19,23)/t15-/m0/s1. The van der Waals surface area contributed by atoms with Gasteiger partial charge in [0.05, 0.1) is 19.7 Å². The van der Waals surface area contributed by atoms with Crippen LogP contribution in [0, 0.1) is 11.8 Å². The van der Waals surface area contributed by atoms with Gasteiger partial charge in [-0.3, -0.25) is 14.5 Å². The maximum absolute atomic E-state index is 12.2. The highest BCUT2D eigenvalue weighted by atomic mass is 16.5. The number of carbonyl (C=O) groups is 2. The van der Waals surface area contributed by atoms with Gasteiger partial charge in [-0.1, -0.05) is 13.8 Å². The summed E-state index contributed by atoms with van der Waals surface area (Å²) in [6, 6.07) is -0.188. The van der Waals surface area contributed by atoms with Crippen molar-refractivity contribution >= 4 is 11.8 Å². The SMILES string of the molecule is CNC(=O)[C@@H]1COC2(CN(C(=O)CCC(C)C)C2)CN1CC1CC1. The van der Waals surface area contributed by atoms with Crippen LogP contribution in [0.5, 0.6) is 0 Å². The molecule has 6 heteroatoms. The first-order valence-corrected chi connectivity index (χ1v) is 9.30. The van der Waals surface area contributed by atoms with Gasteiger partial charge in [0.25, 0.3) is 0 Å². The van der Waals surface area contributed by atoms with Crippen molar-refractivity contribution in [3.05, 3.63) is 0 Å². The Hall–Kier alpha value is -1.14. The van der Waals surface area contributed by atoms with Crippen LogP contribution in [0.25, 0.3) is 0 Å². The molecule has 1 saturated carbocycles. The maximum Gasteiger partial charge on any atom is 0.239 e. The minimum Gasteiger partial charge on any atom is -0.368 e. The summed E-state index contributed by atoms with van der Waals surface area (Å²) in [5.74, 6) is 1.56. The van der Waals surface area contributed by atoms with Crippen LogP contribution < -0.4 is 5.32 Å². The largest absolute Gasteiger partial charge is 0.368 e. The normalized spacial score (nSPS) is 26.5. The summed E-state index contributed by atoms with van der Waals surface area (Å²) in [4.78, 5) is 28.6. The molecule has 0 aromatic rings. The molecule has 24 heavy (non-hydrogen) atoms. The second kappa shape index (κ2) is 7.00. The number of likely N-dealkylation sites (N-methyl/N-ethyl adjacent to an activating group) is 1. The van der Waals surface area contributed by atoms with Crippen molar-refractivity contribution in [2.75, 3.05) is 39.8 Å². The van der Waals surface area contributed by atoms with Gasteiger partial charge in [-0.05, 0) is 31.1 Å². The van der Waals surface area contributed by atoms with Crippen LogP contribution in [0.2, 0.25) is 0 Å². The molecule has 3 aliphatic rings. The molecule has 1 atom stereocenters. The van der Waals surface area contributed by atoms with Crippen molar-refractivity contribution in [1.82, 2.24) is 15.1 Å². The summed E-state index contributed by atoms with van der Waals surface area (Å²) < 4.78 is 6.08. The van der Waals surface area contributed by atoms with Crippen LogP contribution in [0.4, 0.5) is 0 Å². The Morgan fingerprint density at radius 2 is 1.96 bits per heavy atom. The topological polar surface area (TPSA) is 61.9 Å². The lowest BCUT2D eigenvalue weighted by Crippen LogP contribution is -2.73. The number of nitrogens with one attached hydrogen (secondary N) is 1. The molecule has 0 aromatic heterocycles. The van der Waals surface area contributed by atoms with Crippen LogP contribution in [0.15, 0.2) is 0 Å². The van der Waals surface area contributed by atoms with Gasteiger partial charge in [-0.25, -0.2) is 0 Å². The van der Waals surface area contributed by atoms with E-state index in [4.69, 9.17) is 4.74 Å². The Balaban J connectivity index is 1.54. The predicted octanol–water partition coefficient (Wildman–Crippen LogP) is 0.860. The lowest BCUT2D eigenvalue weighted by molar-refractivity contribution is -0.204. The summed E-state index contributed by atoms with van der Waals surface area (Å²) in [7, 11) is 1.68. The minimum absolute atomic E-state index is 0.0367. The fourth-order valence-electron chi connectivity index (χ4n) is 3.71. The molecule has 1 spiro atoms. The van der Waals surface area contributed by atoms with Crippen molar-refractivity contribution in [1.29, 1.82) is 0 Å². The minimum atomic E-state index is -0.257. The van der Waals surface area contributed by atoms with Gasteiger partial charge < -0.3 is 15.0 Å². The van der Waals surface area contributed by atoms with Crippen molar-refractivity contribution in [3.8, 4) is 0 Å². The van der Waals surface area contributed by atoms with Crippen molar-refractivity contribution in [2.45, 2.75) is 51.2 Å². The quantitative estimate of drug-likeness (QED) is 0.781. The zero-order chi connectivity index (χ0) is 17.3. The van der Waals surface area contributed by atoms with Crippen LogP contribution in [0.1, 0.15) is 39.5 Å². The first-order chi connectivity index (χ1) is 11.4. The molecule has 3 rings (SSSR count). The smallest absolute Gasteiger partial charge is 0.239 e. The highest BCUT2D eigenvalue weighted by molar-refractivity contribution is 5.82. The van der Waals surface area contributed by atoms with Crippen LogP contribution in [-0.4, -0.2) is 73.1 Å². The highest BCUT2D eigenvalue weighted by Crippen LogP contribution is 2.36. The number of likely N-dealkylation sites (tertiary alicyclic amines) is 1. The first-order valence-electron chi connectivity index (χ1n) is 9.30. The molecule has 0 unspecified atom stereocenters. The third-order valence-corrected chi connectivity index (χ3v) is 5.46. The molecule has 0 aromatic carbocycles. The zero-order valence-corrected chi connectivity index (χ0v) is 15.2. The maximum atomic E-state index is 12.2. The van der Waals surface area contributed by atoms with Gasteiger partial charge in [0.2, 0.25) is 11.8 Å². The fourth-order valence-corrected chi connectivity index (χ4v) is 3.71. The third-order valence-electron chi connectivity index (χ3n) is 5.46. The second-order valence-electron chi connectivity index (χ2n) is 8.18. The number of morpholine rings is 1. The number of amides is 2. The molecule has 3 fully saturated rings. The molecule has 1 aliphatic carbocycles. The Morgan fingerprint density at radius 1 is 1.25 bits per heavy atom. The van der Waals surface area contributed by atoms with Crippen molar-refractivity contribution < 1.29 is 14.3 Å². The molecule has 6 nitrogen and oxygen atoms in total. The van der Waals surface area contributed by atoms with Crippen molar-refractivity contribution in [3.63, 3.8) is 0 Å². The lowest BCUT2D eigenvalue weighted by atomic mass is 9.89. The van der Waals surface area contributed by atoms with Crippen LogP contribution in [-0.2, 0) is 14.3 Å². The van der Waals surface area contributed by atoms with Gasteiger partial charge in [0, 0.05) is 26.6 Å². The summed E-state index contributed by atoms with van der Waals surface area (Å²) in [6.07, 6.45) is 4.10. The Kier molecular flexibility index (Phi) is 5.16. The van der Waals surface area contributed by atoms with E-state index in [1.165, 1.54) is 12.8 Å². The molecule has 2 saturated heterocycles. The lowest BCUT2D eigenvalue weighted by Gasteiger charge is -2.55. The molecule has 0 radical (unpaired) electrons. The van der Waals surface area contributed by atoms with E-state index in [1.54, 1.807) is 7.05 Å². The number of nitrogens with zero attached hydrogens (tertiary/aromatic N) is 2. The van der Waals surface area contributed by atoms with E-state index >= 15 is 0 Å². The molecule has 2 aliphatic heterocycles. The monoisotopic (exact) mass is 337 g/mol. The van der Waals surface area contributed by atoms with Gasteiger partial charge >= 0.3 is 0 Å². The van der Waals surface area contributed by atoms with E-state index in [2.05, 4.69) is 24.1 Å². The molecular formula is C18H31N3O3. The predicted molar refractivity (Wildman–Crippen MR) is 91.5 cm³/mol. The van der Waals surface area contributed by atoms with E-state index in [0.29, 0.717) is 32.0 Å². The zero-order valence-electron chi connectivity index (χ0n) is 15.2. The number of hydrogen-bond donors (Lipinski definition) is 1. The summed E-state index contributed by atoms with van der Waals surface area (Å²) >= 11 is 0. The fraction of sp³-hybridized carbons (Fsp3) is 0.889. The Bertz CT molecular complexity index is 484. The van der Waals surface area contributed by atoms with Crippen LogP contribution >= 0.6 is 0 Å². The molecular weight excluding hydrogens is 306 g/mol. The van der Waals surface area contributed by atoms with Gasteiger partial charge in [0.1, 0.15) is 11.6 Å². The number of carbonyl (C=O) groups excluding carboxylic acids is 2. The molecule has 136 valence electrons. The summed E-state index contributed by atoms with van der Waals surface area (Å²) in [6.45, 7) is 7.80.